The molecule has 18 heavy (non-hydrogen) atoms. The van der Waals surface area contributed by atoms with E-state index in [1.807, 2.05) is 20.8 Å². The first-order chi connectivity index (χ1) is 8.26. The van der Waals surface area contributed by atoms with E-state index in [4.69, 9.17) is 5.73 Å². The van der Waals surface area contributed by atoms with Crippen LogP contribution < -0.4 is 11.1 Å². The second-order valence-electron chi connectivity index (χ2n) is 4.94. The van der Waals surface area contributed by atoms with Gasteiger partial charge in [0.05, 0.1) is 5.56 Å². The Morgan fingerprint density at radius 2 is 1.89 bits per heavy atom. The Labute approximate surface area is 105 Å². The van der Waals surface area contributed by atoms with Crippen molar-refractivity contribution < 1.29 is 13.6 Å². The van der Waals surface area contributed by atoms with Gasteiger partial charge in [-0.25, -0.2) is 8.78 Å². The lowest BCUT2D eigenvalue weighted by atomic mass is 9.98. The number of nitrogen functional groups attached to an aromatic ring is 1. The molecule has 100 valence electrons. The van der Waals surface area contributed by atoms with Gasteiger partial charge < -0.3 is 11.1 Å². The molecule has 1 aromatic rings. The number of hydrogen-bond donors (Lipinski definition) is 2. The van der Waals surface area contributed by atoms with Crippen LogP contribution in [0.1, 0.15) is 44.0 Å². The second kappa shape index (κ2) is 5.33. The van der Waals surface area contributed by atoms with E-state index in [-0.39, 0.29) is 11.3 Å². The van der Waals surface area contributed by atoms with Gasteiger partial charge in [0.1, 0.15) is 0 Å². The molecule has 0 aliphatic rings. The van der Waals surface area contributed by atoms with E-state index in [2.05, 4.69) is 5.32 Å². The zero-order chi connectivity index (χ0) is 13.9. The van der Waals surface area contributed by atoms with Crippen molar-refractivity contribution >= 4 is 11.6 Å². The summed E-state index contributed by atoms with van der Waals surface area (Å²) in [5.41, 5.74) is 4.99. The molecule has 1 amide bonds. The van der Waals surface area contributed by atoms with Gasteiger partial charge in [-0.1, -0.05) is 13.3 Å². The highest BCUT2D eigenvalue weighted by atomic mass is 19.2. The molecule has 0 unspecified atom stereocenters. The number of benzene rings is 1. The molecule has 0 saturated carbocycles. The number of carbonyl (C=O) groups excluding carboxylic acids is 1. The summed E-state index contributed by atoms with van der Waals surface area (Å²) in [6, 6.07) is 1.64. The van der Waals surface area contributed by atoms with Crippen LogP contribution in [0.5, 0.6) is 0 Å². The molecular weight excluding hydrogens is 238 g/mol. The highest BCUT2D eigenvalue weighted by Crippen LogP contribution is 2.19. The molecule has 0 bridgehead atoms. The highest BCUT2D eigenvalue weighted by Gasteiger charge is 2.22. The van der Waals surface area contributed by atoms with Crippen LogP contribution in [0.15, 0.2) is 12.1 Å². The number of rotatable bonds is 4. The first-order valence-corrected chi connectivity index (χ1v) is 5.84. The van der Waals surface area contributed by atoms with Gasteiger partial charge in [-0.3, -0.25) is 4.79 Å². The summed E-state index contributed by atoms with van der Waals surface area (Å²) in [4.78, 5) is 11.9. The maximum atomic E-state index is 13.1. The van der Waals surface area contributed by atoms with E-state index in [9.17, 15) is 13.6 Å². The molecule has 3 nitrogen and oxygen atoms in total. The first-order valence-electron chi connectivity index (χ1n) is 5.84. The molecule has 1 rings (SSSR count). The fraction of sp³-hybridized carbons (Fsp3) is 0.462. The van der Waals surface area contributed by atoms with E-state index in [1.165, 1.54) is 0 Å². The Hall–Kier alpha value is -1.65. The Balaban J connectivity index is 2.95. The number of halogens is 2. The second-order valence-corrected chi connectivity index (χ2v) is 4.94. The van der Waals surface area contributed by atoms with Crippen molar-refractivity contribution in [3.05, 3.63) is 29.3 Å². The normalized spacial score (nSPS) is 11.4. The topological polar surface area (TPSA) is 55.1 Å². The van der Waals surface area contributed by atoms with E-state index in [0.717, 1.165) is 25.0 Å². The molecule has 0 aliphatic carbocycles. The molecule has 0 spiro atoms. The van der Waals surface area contributed by atoms with Crippen molar-refractivity contribution in [2.45, 2.75) is 39.2 Å². The van der Waals surface area contributed by atoms with Crippen molar-refractivity contribution in [1.29, 1.82) is 0 Å². The lowest BCUT2D eigenvalue weighted by Gasteiger charge is -2.26. The van der Waals surface area contributed by atoms with Crippen molar-refractivity contribution in [1.82, 2.24) is 5.32 Å². The molecule has 0 heterocycles. The molecule has 0 saturated heterocycles. The quantitative estimate of drug-likeness (QED) is 0.814. The summed E-state index contributed by atoms with van der Waals surface area (Å²) in [6.45, 7) is 5.73. The van der Waals surface area contributed by atoms with Crippen LogP contribution in [0, 0.1) is 11.6 Å². The van der Waals surface area contributed by atoms with E-state index in [0.29, 0.717) is 0 Å². The fourth-order valence-corrected chi connectivity index (χ4v) is 1.82. The largest absolute Gasteiger partial charge is 0.398 e. The molecule has 1 aromatic carbocycles. The van der Waals surface area contributed by atoms with Gasteiger partial charge in [0.25, 0.3) is 5.91 Å². The molecule has 5 heteroatoms. The SMILES string of the molecule is CCCC(C)(C)NC(=O)c1cc(F)c(F)cc1N. The highest BCUT2D eigenvalue weighted by molar-refractivity contribution is 5.99. The molecular formula is C13H18F2N2O. The standard InChI is InChI=1S/C13H18F2N2O/c1-4-5-13(2,3)17-12(18)8-6-9(14)10(15)7-11(8)16/h6-7H,4-5,16H2,1-3H3,(H,17,18). The lowest BCUT2D eigenvalue weighted by Crippen LogP contribution is -2.43. The smallest absolute Gasteiger partial charge is 0.253 e. The van der Waals surface area contributed by atoms with Crippen molar-refractivity contribution in [2.75, 3.05) is 5.73 Å². The minimum absolute atomic E-state index is 0.0434. The van der Waals surface area contributed by atoms with E-state index in [1.54, 1.807) is 0 Å². The van der Waals surface area contributed by atoms with Crippen LogP contribution in [0.25, 0.3) is 0 Å². The van der Waals surface area contributed by atoms with Gasteiger partial charge in [0.15, 0.2) is 11.6 Å². The minimum Gasteiger partial charge on any atom is -0.398 e. The minimum atomic E-state index is -1.08. The molecule has 0 atom stereocenters. The zero-order valence-corrected chi connectivity index (χ0v) is 10.8. The summed E-state index contributed by atoms with van der Waals surface area (Å²) in [6.07, 6.45) is 1.68. The Morgan fingerprint density at radius 3 is 2.44 bits per heavy atom. The monoisotopic (exact) mass is 256 g/mol. The van der Waals surface area contributed by atoms with Gasteiger partial charge >= 0.3 is 0 Å². The number of carbonyl (C=O) groups is 1. The predicted molar refractivity (Wildman–Crippen MR) is 67.2 cm³/mol. The molecule has 0 aromatic heterocycles. The average Bonchev–Trinajstić information content (AvgIpc) is 2.22. The number of amides is 1. The van der Waals surface area contributed by atoms with Gasteiger partial charge in [-0.05, 0) is 26.3 Å². The van der Waals surface area contributed by atoms with E-state index >= 15 is 0 Å². The van der Waals surface area contributed by atoms with Gasteiger partial charge in [0.2, 0.25) is 0 Å². The van der Waals surface area contributed by atoms with Crippen LogP contribution in [0.3, 0.4) is 0 Å². The van der Waals surface area contributed by atoms with Crippen LogP contribution >= 0.6 is 0 Å². The predicted octanol–water partition coefficient (Wildman–Crippen LogP) is 2.86. The third-order valence-corrected chi connectivity index (χ3v) is 2.66. The summed E-state index contributed by atoms with van der Waals surface area (Å²) < 4.78 is 26.0. The van der Waals surface area contributed by atoms with Crippen LogP contribution in [0.2, 0.25) is 0 Å². The molecule has 0 fully saturated rings. The van der Waals surface area contributed by atoms with Crippen LogP contribution in [-0.4, -0.2) is 11.4 Å². The Morgan fingerprint density at radius 1 is 1.33 bits per heavy atom. The number of nitrogens with two attached hydrogens (primary N) is 1. The number of hydrogen-bond acceptors (Lipinski definition) is 2. The maximum absolute atomic E-state index is 13.1. The summed E-state index contributed by atoms with van der Waals surface area (Å²) in [5, 5.41) is 2.75. The first kappa shape index (κ1) is 14.4. The summed E-state index contributed by atoms with van der Waals surface area (Å²) in [5.74, 6) is -2.63. The Kier molecular flexibility index (Phi) is 4.27. The van der Waals surface area contributed by atoms with Crippen LogP contribution in [0.4, 0.5) is 14.5 Å². The van der Waals surface area contributed by atoms with Crippen molar-refractivity contribution in [3.8, 4) is 0 Å². The molecule has 3 N–H and O–H groups in total. The third-order valence-electron chi connectivity index (χ3n) is 2.66. The fourth-order valence-electron chi connectivity index (χ4n) is 1.82. The number of nitrogens with one attached hydrogen (secondary N) is 1. The van der Waals surface area contributed by atoms with Gasteiger partial charge in [-0.2, -0.15) is 0 Å². The molecule has 0 radical (unpaired) electrons. The van der Waals surface area contributed by atoms with Gasteiger partial charge in [0, 0.05) is 17.3 Å². The summed E-state index contributed by atoms with van der Waals surface area (Å²) >= 11 is 0. The summed E-state index contributed by atoms with van der Waals surface area (Å²) in [7, 11) is 0. The van der Waals surface area contributed by atoms with Gasteiger partial charge in [-0.15, -0.1) is 0 Å². The van der Waals surface area contributed by atoms with E-state index < -0.39 is 23.1 Å². The lowest BCUT2D eigenvalue weighted by molar-refractivity contribution is 0.0909. The van der Waals surface area contributed by atoms with Crippen molar-refractivity contribution in [2.24, 2.45) is 0 Å². The number of anilines is 1. The average molecular weight is 256 g/mol. The van der Waals surface area contributed by atoms with Crippen molar-refractivity contribution in [3.63, 3.8) is 0 Å². The Bertz CT molecular complexity index is 459. The molecule has 0 aliphatic heterocycles. The third kappa shape index (κ3) is 3.42. The van der Waals surface area contributed by atoms with Crippen LogP contribution in [-0.2, 0) is 0 Å². The zero-order valence-electron chi connectivity index (χ0n) is 10.8. The maximum Gasteiger partial charge on any atom is 0.253 e.